The Morgan fingerprint density at radius 3 is 2.70 bits per heavy atom. The van der Waals surface area contributed by atoms with Gasteiger partial charge in [-0.3, -0.25) is 19.5 Å². The SMILES string of the molecule is CC(C)C(=O)N1CCN(C(=O)C(=O)Nc2cnc(N)c3cn[nH]c23)[C@@H](C)C1. The first-order valence-corrected chi connectivity index (χ1v) is 8.78. The predicted molar refractivity (Wildman–Crippen MR) is 99.5 cm³/mol. The number of hydrogen-bond acceptors (Lipinski definition) is 6. The van der Waals surface area contributed by atoms with Gasteiger partial charge in [-0.25, -0.2) is 4.98 Å². The molecule has 4 N–H and O–H groups in total. The molecule has 3 heterocycles. The summed E-state index contributed by atoms with van der Waals surface area (Å²) in [6, 6.07) is -0.253. The van der Waals surface area contributed by atoms with Crippen molar-refractivity contribution in [2.24, 2.45) is 5.92 Å². The molecule has 10 nitrogen and oxygen atoms in total. The third kappa shape index (κ3) is 3.55. The molecule has 0 spiro atoms. The molecule has 1 saturated heterocycles. The van der Waals surface area contributed by atoms with Crippen LogP contribution in [0, 0.1) is 5.92 Å². The second-order valence-electron chi connectivity index (χ2n) is 6.96. The Bertz CT molecular complexity index is 892. The first-order chi connectivity index (χ1) is 12.8. The van der Waals surface area contributed by atoms with Crippen LogP contribution >= 0.6 is 0 Å². The summed E-state index contributed by atoms with van der Waals surface area (Å²) in [5.74, 6) is -1.19. The average Bonchev–Trinajstić information content (AvgIpc) is 3.13. The van der Waals surface area contributed by atoms with Crippen LogP contribution in [-0.2, 0) is 14.4 Å². The van der Waals surface area contributed by atoms with Gasteiger partial charge in [-0.05, 0) is 6.92 Å². The number of H-pyrrole nitrogens is 1. The smallest absolute Gasteiger partial charge is 0.314 e. The van der Waals surface area contributed by atoms with E-state index in [4.69, 9.17) is 5.73 Å². The maximum atomic E-state index is 12.6. The van der Waals surface area contributed by atoms with Gasteiger partial charge in [-0.15, -0.1) is 0 Å². The monoisotopic (exact) mass is 373 g/mol. The van der Waals surface area contributed by atoms with Gasteiger partial charge in [0.05, 0.1) is 29.0 Å². The topological polar surface area (TPSA) is 137 Å². The summed E-state index contributed by atoms with van der Waals surface area (Å²) in [5, 5.41) is 9.76. The van der Waals surface area contributed by atoms with Gasteiger partial charge in [0, 0.05) is 31.6 Å². The first kappa shape index (κ1) is 18.6. The van der Waals surface area contributed by atoms with Crippen LogP contribution in [0.1, 0.15) is 20.8 Å². The molecule has 27 heavy (non-hydrogen) atoms. The van der Waals surface area contributed by atoms with E-state index >= 15 is 0 Å². The van der Waals surface area contributed by atoms with E-state index in [1.807, 2.05) is 20.8 Å². The summed E-state index contributed by atoms with van der Waals surface area (Å²) in [5.41, 5.74) is 6.60. The Labute approximate surface area is 156 Å². The summed E-state index contributed by atoms with van der Waals surface area (Å²) in [6.45, 7) is 6.64. The number of fused-ring (bicyclic) bond motifs is 1. The second kappa shape index (κ2) is 7.22. The fraction of sp³-hybridized carbons (Fsp3) is 0.471. The molecular weight excluding hydrogens is 350 g/mol. The number of rotatable bonds is 2. The molecule has 2 aromatic heterocycles. The first-order valence-electron chi connectivity index (χ1n) is 8.78. The Balaban J connectivity index is 1.69. The number of aromatic amines is 1. The van der Waals surface area contributed by atoms with E-state index in [0.29, 0.717) is 36.2 Å². The van der Waals surface area contributed by atoms with Crippen molar-refractivity contribution < 1.29 is 14.4 Å². The summed E-state index contributed by atoms with van der Waals surface area (Å²) in [6.07, 6.45) is 2.88. The van der Waals surface area contributed by atoms with Crippen molar-refractivity contribution >= 4 is 40.1 Å². The van der Waals surface area contributed by atoms with Crippen molar-refractivity contribution in [2.75, 3.05) is 30.7 Å². The number of nitrogen functional groups attached to an aromatic ring is 1. The standard InChI is InChI=1S/C17H23N7O3/c1-9(2)16(26)23-4-5-24(10(3)8-23)17(27)15(25)21-12-7-19-14(18)11-6-20-22-13(11)12/h6-7,9-10H,4-5,8H2,1-3H3,(H2,18,19)(H,20,22)(H,21,25)/t10-/m0/s1. The van der Waals surface area contributed by atoms with Crippen molar-refractivity contribution in [2.45, 2.75) is 26.8 Å². The average molecular weight is 373 g/mol. The lowest BCUT2D eigenvalue weighted by atomic mass is 10.1. The fourth-order valence-corrected chi connectivity index (χ4v) is 3.18. The fourth-order valence-electron chi connectivity index (χ4n) is 3.18. The predicted octanol–water partition coefficient (Wildman–Crippen LogP) is 0.194. The zero-order valence-electron chi connectivity index (χ0n) is 15.5. The maximum Gasteiger partial charge on any atom is 0.314 e. The van der Waals surface area contributed by atoms with Crippen LogP contribution < -0.4 is 11.1 Å². The highest BCUT2D eigenvalue weighted by Crippen LogP contribution is 2.24. The molecule has 1 atom stereocenters. The molecule has 3 amide bonds. The van der Waals surface area contributed by atoms with E-state index in [0.717, 1.165) is 0 Å². The molecule has 3 rings (SSSR count). The van der Waals surface area contributed by atoms with Gasteiger partial charge in [0.15, 0.2) is 0 Å². The highest BCUT2D eigenvalue weighted by atomic mass is 16.2. The van der Waals surface area contributed by atoms with E-state index in [1.165, 1.54) is 17.3 Å². The Morgan fingerprint density at radius 2 is 2.04 bits per heavy atom. The number of anilines is 2. The van der Waals surface area contributed by atoms with Gasteiger partial charge in [-0.1, -0.05) is 13.8 Å². The Kier molecular flexibility index (Phi) is 4.98. The van der Waals surface area contributed by atoms with Crippen LogP contribution in [0.3, 0.4) is 0 Å². The Hall–Kier alpha value is -3.17. The summed E-state index contributed by atoms with van der Waals surface area (Å²) < 4.78 is 0. The minimum Gasteiger partial charge on any atom is -0.383 e. The molecule has 10 heteroatoms. The number of carbonyl (C=O) groups is 3. The van der Waals surface area contributed by atoms with Crippen LogP contribution in [0.5, 0.6) is 0 Å². The minimum absolute atomic E-state index is 0.0491. The van der Waals surface area contributed by atoms with E-state index in [9.17, 15) is 14.4 Å². The van der Waals surface area contributed by atoms with Crippen LogP contribution in [0.25, 0.3) is 10.9 Å². The van der Waals surface area contributed by atoms with Gasteiger partial charge >= 0.3 is 11.8 Å². The number of pyridine rings is 1. The second-order valence-corrected chi connectivity index (χ2v) is 6.96. The highest BCUT2D eigenvalue weighted by Gasteiger charge is 2.33. The molecule has 1 fully saturated rings. The van der Waals surface area contributed by atoms with Crippen molar-refractivity contribution in [1.29, 1.82) is 0 Å². The van der Waals surface area contributed by atoms with Crippen molar-refractivity contribution in [1.82, 2.24) is 25.0 Å². The lowest BCUT2D eigenvalue weighted by molar-refractivity contribution is -0.149. The lowest BCUT2D eigenvalue weighted by Crippen LogP contribution is -2.58. The molecule has 1 aliphatic heterocycles. The van der Waals surface area contributed by atoms with Crippen LogP contribution in [-0.4, -0.2) is 68.4 Å². The molecule has 144 valence electrons. The molecule has 0 saturated carbocycles. The molecule has 2 aromatic rings. The van der Waals surface area contributed by atoms with E-state index in [-0.39, 0.29) is 23.7 Å². The summed E-state index contributed by atoms with van der Waals surface area (Å²) in [4.78, 5) is 44.4. The lowest BCUT2D eigenvalue weighted by Gasteiger charge is -2.40. The van der Waals surface area contributed by atoms with Gasteiger partial charge in [0.2, 0.25) is 5.91 Å². The van der Waals surface area contributed by atoms with Crippen molar-refractivity contribution in [3.05, 3.63) is 12.4 Å². The number of amides is 3. The van der Waals surface area contributed by atoms with Gasteiger partial charge in [-0.2, -0.15) is 5.10 Å². The molecular formula is C17H23N7O3. The number of hydrogen-bond donors (Lipinski definition) is 3. The normalized spacial score (nSPS) is 17.4. The Morgan fingerprint density at radius 1 is 1.30 bits per heavy atom. The third-order valence-corrected chi connectivity index (χ3v) is 4.65. The van der Waals surface area contributed by atoms with Crippen molar-refractivity contribution in [3.8, 4) is 0 Å². The van der Waals surface area contributed by atoms with E-state index in [2.05, 4.69) is 20.5 Å². The third-order valence-electron chi connectivity index (χ3n) is 4.65. The number of carbonyl (C=O) groups excluding carboxylic acids is 3. The number of piperazine rings is 1. The largest absolute Gasteiger partial charge is 0.383 e. The van der Waals surface area contributed by atoms with Gasteiger partial charge in [0.25, 0.3) is 0 Å². The number of nitrogens with zero attached hydrogens (tertiary/aromatic N) is 4. The molecule has 0 unspecified atom stereocenters. The molecule has 1 aliphatic rings. The zero-order valence-corrected chi connectivity index (χ0v) is 15.5. The van der Waals surface area contributed by atoms with Gasteiger partial charge in [0.1, 0.15) is 5.82 Å². The van der Waals surface area contributed by atoms with Crippen LogP contribution in [0.4, 0.5) is 11.5 Å². The number of nitrogens with one attached hydrogen (secondary N) is 2. The number of nitrogens with two attached hydrogens (primary N) is 1. The zero-order chi connectivity index (χ0) is 19.7. The summed E-state index contributed by atoms with van der Waals surface area (Å²) >= 11 is 0. The van der Waals surface area contributed by atoms with Gasteiger partial charge < -0.3 is 20.9 Å². The maximum absolute atomic E-state index is 12.6. The van der Waals surface area contributed by atoms with Crippen LogP contribution in [0.2, 0.25) is 0 Å². The van der Waals surface area contributed by atoms with E-state index < -0.39 is 11.8 Å². The highest BCUT2D eigenvalue weighted by molar-refractivity contribution is 6.40. The van der Waals surface area contributed by atoms with Crippen molar-refractivity contribution in [3.63, 3.8) is 0 Å². The molecule has 0 bridgehead atoms. The quantitative estimate of drug-likeness (QED) is 0.643. The summed E-state index contributed by atoms with van der Waals surface area (Å²) in [7, 11) is 0. The van der Waals surface area contributed by atoms with E-state index in [1.54, 1.807) is 4.90 Å². The molecule has 0 aromatic carbocycles. The molecule has 0 aliphatic carbocycles. The number of aromatic nitrogens is 3. The minimum atomic E-state index is -0.770. The molecule has 0 radical (unpaired) electrons. The van der Waals surface area contributed by atoms with Crippen LogP contribution in [0.15, 0.2) is 12.4 Å².